The molecule has 0 aromatic heterocycles. The van der Waals surface area contributed by atoms with Crippen LogP contribution < -0.4 is 10.6 Å². The average molecular weight is 276 g/mol. The van der Waals surface area contributed by atoms with E-state index in [1.807, 2.05) is 12.1 Å². The van der Waals surface area contributed by atoms with Gasteiger partial charge in [-0.2, -0.15) is 0 Å². The smallest absolute Gasteiger partial charge is 0.340 e. The van der Waals surface area contributed by atoms with Gasteiger partial charge in [0, 0.05) is 13.1 Å². The summed E-state index contributed by atoms with van der Waals surface area (Å²) in [5.74, 6) is 0.404. The zero-order valence-electron chi connectivity index (χ0n) is 12.4. The molecule has 1 saturated heterocycles. The van der Waals surface area contributed by atoms with Crippen LogP contribution in [0, 0.1) is 5.92 Å². The van der Waals surface area contributed by atoms with E-state index < -0.39 is 0 Å². The molecule has 2 rings (SSSR count). The lowest BCUT2D eigenvalue weighted by Crippen LogP contribution is -2.22. The minimum Gasteiger partial charge on any atom is -0.462 e. The number of para-hydroxylation sites is 1. The van der Waals surface area contributed by atoms with Crippen LogP contribution in [0.5, 0.6) is 0 Å². The first-order valence-corrected chi connectivity index (χ1v) is 7.47. The summed E-state index contributed by atoms with van der Waals surface area (Å²) in [5, 5.41) is 0. The van der Waals surface area contributed by atoms with E-state index in [4.69, 9.17) is 10.5 Å². The van der Waals surface area contributed by atoms with Gasteiger partial charge in [0.1, 0.15) is 0 Å². The minimum absolute atomic E-state index is 0.337. The average Bonchev–Trinajstić information content (AvgIpc) is 2.88. The molecule has 0 saturated carbocycles. The molecule has 110 valence electrons. The first-order chi connectivity index (χ1) is 9.67. The summed E-state index contributed by atoms with van der Waals surface area (Å²) < 4.78 is 5.05. The van der Waals surface area contributed by atoms with Crippen LogP contribution in [0.15, 0.2) is 18.2 Å². The molecule has 1 aliphatic rings. The van der Waals surface area contributed by atoms with Crippen LogP contribution in [-0.2, 0) is 4.74 Å². The fourth-order valence-corrected chi connectivity index (χ4v) is 2.91. The Balaban J connectivity index is 2.17. The predicted molar refractivity (Wildman–Crippen MR) is 82.0 cm³/mol. The second-order valence-corrected chi connectivity index (χ2v) is 5.35. The SMILES string of the molecule is CCCC1CCN(c2cccc(C(=O)OCC)c2N)C1. The summed E-state index contributed by atoms with van der Waals surface area (Å²) in [6.45, 7) is 6.43. The van der Waals surface area contributed by atoms with Crippen LogP contribution in [-0.4, -0.2) is 25.7 Å². The zero-order valence-corrected chi connectivity index (χ0v) is 12.4. The second kappa shape index (κ2) is 6.64. The molecule has 1 atom stereocenters. The maximum atomic E-state index is 11.9. The maximum Gasteiger partial charge on any atom is 0.340 e. The number of anilines is 2. The van der Waals surface area contributed by atoms with Gasteiger partial charge in [0.25, 0.3) is 0 Å². The lowest BCUT2D eigenvalue weighted by Gasteiger charge is -2.21. The number of esters is 1. The van der Waals surface area contributed by atoms with Crippen molar-refractivity contribution in [2.45, 2.75) is 33.1 Å². The van der Waals surface area contributed by atoms with E-state index in [0.717, 1.165) is 24.7 Å². The summed E-state index contributed by atoms with van der Waals surface area (Å²) in [6, 6.07) is 5.61. The number of hydrogen-bond donors (Lipinski definition) is 1. The molecule has 1 aromatic carbocycles. The normalized spacial score (nSPS) is 18.3. The number of rotatable bonds is 5. The van der Waals surface area contributed by atoms with Crippen LogP contribution in [0.3, 0.4) is 0 Å². The van der Waals surface area contributed by atoms with Crippen molar-refractivity contribution in [3.05, 3.63) is 23.8 Å². The van der Waals surface area contributed by atoms with E-state index in [9.17, 15) is 4.79 Å². The molecule has 0 aliphatic carbocycles. The van der Waals surface area contributed by atoms with Gasteiger partial charge in [-0.3, -0.25) is 0 Å². The fourth-order valence-electron chi connectivity index (χ4n) is 2.91. The van der Waals surface area contributed by atoms with Crippen LogP contribution in [0.2, 0.25) is 0 Å². The molecular formula is C16H24N2O2. The molecule has 1 aromatic rings. The molecule has 0 amide bonds. The molecule has 4 nitrogen and oxygen atoms in total. The van der Waals surface area contributed by atoms with E-state index in [-0.39, 0.29) is 5.97 Å². The Bertz CT molecular complexity index is 474. The van der Waals surface area contributed by atoms with Crippen molar-refractivity contribution in [2.75, 3.05) is 30.3 Å². The Labute approximate surface area is 120 Å². The third-order valence-corrected chi connectivity index (χ3v) is 3.90. The molecule has 1 unspecified atom stereocenters. The van der Waals surface area contributed by atoms with Gasteiger partial charge in [0.2, 0.25) is 0 Å². The van der Waals surface area contributed by atoms with Gasteiger partial charge in [-0.05, 0) is 37.8 Å². The van der Waals surface area contributed by atoms with Crippen LogP contribution in [0.4, 0.5) is 11.4 Å². The number of carbonyl (C=O) groups excluding carboxylic acids is 1. The zero-order chi connectivity index (χ0) is 14.5. The Hall–Kier alpha value is -1.71. The quantitative estimate of drug-likeness (QED) is 0.663. The van der Waals surface area contributed by atoms with E-state index in [1.54, 1.807) is 13.0 Å². The number of nitrogens with two attached hydrogens (primary N) is 1. The molecule has 0 radical (unpaired) electrons. The monoisotopic (exact) mass is 276 g/mol. The maximum absolute atomic E-state index is 11.9. The van der Waals surface area contributed by atoms with Gasteiger partial charge >= 0.3 is 5.97 Å². The van der Waals surface area contributed by atoms with Gasteiger partial charge in [0.15, 0.2) is 0 Å². The number of carbonyl (C=O) groups is 1. The number of nitrogen functional groups attached to an aromatic ring is 1. The van der Waals surface area contributed by atoms with E-state index in [0.29, 0.717) is 17.9 Å². The van der Waals surface area contributed by atoms with Crippen molar-refractivity contribution in [3.63, 3.8) is 0 Å². The van der Waals surface area contributed by atoms with Crippen molar-refractivity contribution in [1.82, 2.24) is 0 Å². The van der Waals surface area contributed by atoms with Crippen molar-refractivity contribution < 1.29 is 9.53 Å². The van der Waals surface area contributed by atoms with Crippen molar-refractivity contribution in [2.24, 2.45) is 5.92 Å². The molecule has 0 bridgehead atoms. The first-order valence-electron chi connectivity index (χ1n) is 7.47. The Morgan fingerprint density at radius 2 is 2.25 bits per heavy atom. The lowest BCUT2D eigenvalue weighted by atomic mass is 10.0. The highest BCUT2D eigenvalue weighted by molar-refractivity contribution is 5.98. The highest BCUT2D eigenvalue weighted by Crippen LogP contribution is 2.32. The Kier molecular flexibility index (Phi) is 4.88. The number of hydrogen-bond acceptors (Lipinski definition) is 4. The summed E-state index contributed by atoms with van der Waals surface area (Å²) in [5.41, 5.74) is 8.16. The standard InChI is InChI=1S/C16H24N2O2/c1-3-6-12-9-10-18(11-12)14-8-5-7-13(15(14)17)16(19)20-4-2/h5,7-8,12H,3-4,6,9-11,17H2,1-2H3. The summed E-state index contributed by atoms with van der Waals surface area (Å²) in [7, 11) is 0. The number of nitrogens with zero attached hydrogens (tertiary/aromatic N) is 1. The van der Waals surface area contributed by atoms with Crippen LogP contribution >= 0.6 is 0 Å². The number of ether oxygens (including phenoxy) is 1. The van der Waals surface area contributed by atoms with Gasteiger partial charge in [-0.15, -0.1) is 0 Å². The third kappa shape index (κ3) is 3.06. The van der Waals surface area contributed by atoms with E-state index in [1.165, 1.54) is 19.3 Å². The summed E-state index contributed by atoms with van der Waals surface area (Å²) >= 11 is 0. The van der Waals surface area contributed by atoms with E-state index >= 15 is 0 Å². The molecular weight excluding hydrogens is 252 g/mol. The highest BCUT2D eigenvalue weighted by Gasteiger charge is 2.24. The lowest BCUT2D eigenvalue weighted by molar-refractivity contribution is 0.0527. The van der Waals surface area contributed by atoms with Crippen molar-refractivity contribution >= 4 is 17.3 Å². The van der Waals surface area contributed by atoms with Crippen molar-refractivity contribution in [3.8, 4) is 0 Å². The molecule has 20 heavy (non-hydrogen) atoms. The topological polar surface area (TPSA) is 55.6 Å². The highest BCUT2D eigenvalue weighted by atomic mass is 16.5. The molecule has 4 heteroatoms. The number of benzene rings is 1. The molecule has 1 heterocycles. The van der Waals surface area contributed by atoms with Gasteiger partial charge in [-0.1, -0.05) is 19.4 Å². The van der Waals surface area contributed by atoms with Crippen molar-refractivity contribution in [1.29, 1.82) is 0 Å². The Morgan fingerprint density at radius 1 is 1.45 bits per heavy atom. The summed E-state index contributed by atoms with van der Waals surface area (Å²) in [6.07, 6.45) is 3.68. The molecule has 0 spiro atoms. The molecule has 1 fully saturated rings. The van der Waals surface area contributed by atoms with Gasteiger partial charge < -0.3 is 15.4 Å². The first kappa shape index (κ1) is 14.7. The fraction of sp³-hybridized carbons (Fsp3) is 0.562. The minimum atomic E-state index is -0.337. The summed E-state index contributed by atoms with van der Waals surface area (Å²) in [4.78, 5) is 14.2. The van der Waals surface area contributed by atoms with Crippen LogP contribution in [0.1, 0.15) is 43.5 Å². The predicted octanol–water partition coefficient (Wildman–Crippen LogP) is 3.07. The third-order valence-electron chi connectivity index (χ3n) is 3.90. The van der Waals surface area contributed by atoms with Gasteiger partial charge in [0.05, 0.1) is 23.5 Å². The second-order valence-electron chi connectivity index (χ2n) is 5.35. The van der Waals surface area contributed by atoms with Gasteiger partial charge in [-0.25, -0.2) is 4.79 Å². The Morgan fingerprint density at radius 3 is 2.95 bits per heavy atom. The molecule has 1 aliphatic heterocycles. The largest absolute Gasteiger partial charge is 0.462 e. The van der Waals surface area contributed by atoms with Crippen LogP contribution in [0.25, 0.3) is 0 Å². The van der Waals surface area contributed by atoms with E-state index in [2.05, 4.69) is 11.8 Å². The molecule has 2 N–H and O–H groups in total.